The zero-order valence-electron chi connectivity index (χ0n) is 21.6. The third-order valence-corrected chi connectivity index (χ3v) is 14.1. The number of benzene rings is 5. The molecule has 5 aromatic carbocycles. The molecule has 5 aromatic rings. The third-order valence-electron chi connectivity index (χ3n) is 6.64. The Balaban J connectivity index is 1.92. The highest BCUT2D eigenvalue weighted by atomic mass is 31.2. The minimum atomic E-state index is -3.12. The fraction of sp³-hybridized carbons (Fsp3) is 0.0303. The molecule has 0 N–H and O–H groups in total. The monoisotopic (exact) mass is 579 g/mol. The topological polar surface area (TPSA) is 59.9 Å². The maximum atomic E-state index is 15.9. The van der Waals surface area contributed by atoms with Gasteiger partial charge in [0.15, 0.2) is 17.5 Å². The first kappa shape index (κ1) is 28.1. The fourth-order valence-electron chi connectivity index (χ4n) is 4.66. The van der Waals surface area contributed by atoms with Gasteiger partial charge in [-0.25, -0.2) is 13.2 Å². The molecule has 0 amide bonds. The van der Waals surface area contributed by atoms with Crippen molar-refractivity contribution in [1.82, 2.24) is 0 Å². The number of hydrogen-bond donors (Lipinski definition) is 0. The number of nitriles is 2. The summed E-state index contributed by atoms with van der Waals surface area (Å²) >= 11 is 0. The van der Waals surface area contributed by atoms with Crippen LogP contribution < -0.4 is 21.2 Å². The van der Waals surface area contributed by atoms with Gasteiger partial charge in [-0.05, 0) is 29.1 Å². The summed E-state index contributed by atoms with van der Waals surface area (Å²) in [5, 5.41) is 22.5. The van der Waals surface area contributed by atoms with Gasteiger partial charge in [-0.3, -0.25) is 4.74 Å². The van der Waals surface area contributed by atoms with Crippen molar-refractivity contribution in [2.75, 3.05) is 5.90 Å². The minimum absolute atomic E-state index is 0.382. The first-order chi connectivity index (χ1) is 20.0. The van der Waals surface area contributed by atoms with E-state index in [4.69, 9.17) is 4.74 Å². The van der Waals surface area contributed by atoms with Crippen LogP contribution in [0.4, 0.5) is 18.9 Å². The molecule has 0 bridgehead atoms. The van der Waals surface area contributed by atoms with Gasteiger partial charge in [0.2, 0.25) is 0 Å². The molecule has 0 saturated carbocycles. The highest BCUT2D eigenvalue weighted by Crippen LogP contribution is 2.59. The lowest BCUT2D eigenvalue weighted by atomic mass is 10.1. The van der Waals surface area contributed by atoms with Crippen LogP contribution >= 0.6 is 15.0 Å². The number of halogens is 3. The van der Waals surface area contributed by atoms with Gasteiger partial charge in [0, 0.05) is 13.0 Å². The second kappa shape index (κ2) is 12.4. The lowest BCUT2D eigenvalue weighted by Gasteiger charge is -2.31. The SMILES string of the molecule is N#Cc1c(F)c(F)c(N=P(CP(c2ccccc2)c2ccccc2)(c2ccccc2)c2ccccc2)c(F)c1C#N. The van der Waals surface area contributed by atoms with Crippen molar-refractivity contribution < 1.29 is 13.2 Å². The summed E-state index contributed by atoms with van der Waals surface area (Å²) in [6, 6.07) is 41.2. The molecule has 0 aromatic heterocycles. The zero-order chi connectivity index (χ0) is 28.8. The molecule has 0 radical (unpaired) electrons. The van der Waals surface area contributed by atoms with Crippen molar-refractivity contribution in [3.8, 4) is 12.1 Å². The van der Waals surface area contributed by atoms with Crippen molar-refractivity contribution in [3.63, 3.8) is 0 Å². The molecule has 0 aliphatic heterocycles. The van der Waals surface area contributed by atoms with Crippen LogP contribution in [-0.4, -0.2) is 5.90 Å². The first-order valence-corrected chi connectivity index (χ1v) is 16.1. The van der Waals surface area contributed by atoms with E-state index in [1.807, 2.05) is 121 Å². The normalized spacial score (nSPS) is 11.1. The predicted octanol–water partition coefficient (Wildman–Crippen LogP) is 7.42. The lowest BCUT2D eigenvalue weighted by Crippen LogP contribution is -2.23. The summed E-state index contributed by atoms with van der Waals surface area (Å²) in [4.78, 5) is 0. The van der Waals surface area contributed by atoms with Crippen molar-refractivity contribution in [1.29, 1.82) is 10.5 Å². The average Bonchev–Trinajstić information content (AvgIpc) is 3.04. The largest absolute Gasteiger partial charge is 0.252 e. The smallest absolute Gasteiger partial charge is 0.188 e. The molecule has 0 aliphatic rings. The zero-order valence-corrected chi connectivity index (χ0v) is 23.4. The number of nitrogens with zero attached hydrogens (tertiary/aromatic N) is 3. The molecular weight excluding hydrogens is 557 g/mol. The maximum absolute atomic E-state index is 15.9. The summed E-state index contributed by atoms with van der Waals surface area (Å²) < 4.78 is 51.4. The van der Waals surface area contributed by atoms with Crippen molar-refractivity contribution >= 4 is 41.9 Å². The Morgan fingerprint density at radius 2 is 0.951 bits per heavy atom. The van der Waals surface area contributed by atoms with Crippen LogP contribution in [0.1, 0.15) is 11.1 Å². The molecule has 0 aliphatic carbocycles. The fourth-order valence-corrected chi connectivity index (χ4v) is 12.9. The molecule has 0 atom stereocenters. The van der Waals surface area contributed by atoms with Gasteiger partial charge < -0.3 is 0 Å². The van der Waals surface area contributed by atoms with Crippen LogP contribution in [-0.2, 0) is 0 Å². The highest BCUT2D eigenvalue weighted by Gasteiger charge is 2.33. The van der Waals surface area contributed by atoms with Gasteiger partial charge in [0.1, 0.15) is 29.0 Å². The van der Waals surface area contributed by atoms with E-state index >= 15 is 13.2 Å². The second-order valence-electron chi connectivity index (χ2n) is 9.05. The first-order valence-electron chi connectivity index (χ1n) is 12.6. The summed E-state index contributed by atoms with van der Waals surface area (Å²) in [5.41, 5.74) is -2.71. The Bertz CT molecular complexity index is 1730. The van der Waals surface area contributed by atoms with Crippen LogP contribution in [0.15, 0.2) is 126 Å². The molecule has 200 valence electrons. The average molecular weight is 580 g/mol. The van der Waals surface area contributed by atoms with E-state index in [1.165, 1.54) is 12.1 Å². The molecule has 0 heterocycles. The molecule has 0 saturated heterocycles. The summed E-state index contributed by atoms with van der Waals surface area (Å²) in [6.07, 6.45) is 0. The number of rotatable bonds is 7. The Morgan fingerprint density at radius 1 is 0.561 bits per heavy atom. The summed E-state index contributed by atoms with van der Waals surface area (Å²) in [6.45, 7) is 0. The van der Waals surface area contributed by atoms with Crippen molar-refractivity contribution in [3.05, 3.63) is 150 Å². The molecule has 0 spiro atoms. The standard InChI is InChI=1S/C33H22F3N3P2/c34-30-28(21-37)29(22-38)31(35)33(32(30)36)39-41(26-17-9-3-10-18-26,27-19-11-4-12-20-27)23-40(24-13-5-1-6-14-24)25-15-7-2-8-16-25/h1-20H,23H2. The van der Waals surface area contributed by atoms with Gasteiger partial charge in [-0.1, -0.05) is 121 Å². The van der Waals surface area contributed by atoms with Gasteiger partial charge in [0.05, 0.1) is 0 Å². The van der Waals surface area contributed by atoms with E-state index in [9.17, 15) is 10.5 Å². The molecule has 0 fully saturated rings. The highest BCUT2D eigenvalue weighted by molar-refractivity contribution is 7.92. The Hall–Kier alpha value is -4.47. The molecular formula is C33H22F3N3P2. The second-order valence-corrected chi connectivity index (χ2v) is 14.8. The van der Waals surface area contributed by atoms with Crippen molar-refractivity contribution in [2.45, 2.75) is 0 Å². The van der Waals surface area contributed by atoms with Gasteiger partial charge in [-0.15, -0.1) is 0 Å². The summed E-state index contributed by atoms with van der Waals surface area (Å²) in [7, 11) is -4.25. The van der Waals surface area contributed by atoms with Gasteiger partial charge in [-0.2, -0.15) is 10.5 Å². The molecule has 3 nitrogen and oxygen atoms in total. The third kappa shape index (κ3) is 5.46. The molecule has 41 heavy (non-hydrogen) atoms. The van der Waals surface area contributed by atoms with Crippen LogP contribution in [0.3, 0.4) is 0 Å². The van der Waals surface area contributed by atoms with Crippen LogP contribution in [0, 0.1) is 40.1 Å². The lowest BCUT2D eigenvalue weighted by molar-refractivity contribution is 0.494. The Kier molecular flexibility index (Phi) is 8.47. The van der Waals surface area contributed by atoms with E-state index in [0.29, 0.717) is 5.90 Å². The van der Waals surface area contributed by atoms with Crippen molar-refractivity contribution in [2.24, 2.45) is 4.74 Å². The summed E-state index contributed by atoms with van der Waals surface area (Å²) in [5.74, 6) is -4.13. The van der Waals surface area contributed by atoms with Gasteiger partial charge >= 0.3 is 0 Å². The Morgan fingerprint density at radius 3 is 1.37 bits per heavy atom. The predicted molar refractivity (Wildman–Crippen MR) is 161 cm³/mol. The molecule has 5 rings (SSSR count). The maximum Gasteiger partial charge on any atom is 0.188 e. The van der Waals surface area contributed by atoms with E-state index in [-0.39, 0.29) is 0 Å². The Labute approximate surface area is 238 Å². The molecule has 8 heteroatoms. The van der Waals surface area contributed by atoms with Crippen LogP contribution in [0.25, 0.3) is 0 Å². The quantitative estimate of drug-likeness (QED) is 0.149. The number of hydrogen-bond acceptors (Lipinski definition) is 3. The molecule has 0 unspecified atom stereocenters. The van der Waals surface area contributed by atoms with Crippen LogP contribution in [0.5, 0.6) is 0 Å². The van der Waals surface area contributed by atoms with Gasteiger partial charge in [0.25, 0.3) is 0 Å². The van der Waals surface area contributed by atoms with E-state index in [0.717, 1.165) is 21.2 Å². The van der Waals surface area contributed by atoms with Crippen LogP contribution in [0.2, 0.25) is 0 Å². The minimum Gasteiger partial charge on any atom is -0.252 e. The van der Waals surface area contributed by atoms with E-state index in [2.05, 4.69) is 0 Å². The van der Waals surface area contributed by atoms with E-state index in [1.54, 1.807) is 0 Å². The van der Waals surface area contributed by atoms with E-state index < -0.39 is 49.2 Å².